The fourth-order valence-corrected chi connectivity index (χ4v) is 3.29. The Labute approximate surface area is 110 Å². The molecule has 2 aliphatic rings. The summed E-state index contributed by atoms with van der Waals surface area (Å²) < 4.78 is 11.0. The number of hydrogen-bond donors (Lipinski definition) is 1. The Bertz CT molecular complexity index is 257. The second kappa shape index (κ2) is 6.33. The van der Waals surface area contributed by atoms with Crippen LogP contribution in [0.4, 0.5) is 0 Å². The molecule has 4 heteroatoms. The molecule has 0 saturated carbocycles. The fourth-order valence-electron chi connectivity index (χ4n) is 3.29. The van der Waals surface area contributed by atoms with Crippen molar-refractivity contribution in [2.45, 2.75) is 44.8 Å². The quantitative estimate of drug-likeness (QED) is 0.753. The molecule has 0 spiro atoms. The molecule has 2 saturated heterocycles. The van der Waals surface area contributed by atoms with Crippen molar-refractivity contribution >= 4 is 0 Å². The van der Waals surface area contributed by atoms with Crippen LogP contribution in [0.2, 0.25) is 0 Å². The summed E-state index contributed by atoms with van der Waals surface area (Å²) in [6, 6.07) is 0.459. The second-order valence-electron chi connectivity index (χ2n) is 5.73. The summed E-state index contributed by atoms with van der Waals surface area (Å²) in [7, 11) is 0. The maximum Gasteiger partial charge on any atom is 0.0706 e. The van der Waals surface area contributed by atoms with E-state index >= 15 is 0 Å². The van der Waals surface area contributed by atoms with E-state index in [0.717, 1.165) is 32.7 Å². The molecule has 0 radical (unpaired) electrons. The zero-order valence-corrected chi connectivity index (χ0v) is 11.7. The van der Waals surface area contributed by atoms with Crippen LogP contribution >= 0.6 is 0 Å². The van der Waals surface area contributed by atoms with E-state index in [9.17, 15) is 5.11 Å². The van der Waals surface area contributed by atoms with Gasteiger partial charge in [-0.15, -0.1) is 0 Å². The van der Waals surface area contributed by atoms with E-state index in [4.69, 9.17) is 9.47 Å². The average Bonchev–Trinajstić information content (AvgIpc) is 2.77. The minimum absolute atomic E-state index is 0.246. The highest BCUT2D eigenvalue weighted by Gasteiger charge is 2.43. The third-order valence-corrected chi connectivity index (χ3v) is 4.45. The minimum Gasteiger partial charge on any atom is -0.390 e. The highest BCUT2D eigenvalue weighted by atomic mass is 16.5. The van der Waals surface area contributed by atoms with Crippen LogP contribution in [0.1, 0.15) is 33.1 Å². The van der Waals surface area contributed by atoms with Crippen LogP contribution in [-0.4, -0.2) is 61.2 Å². The van der Waals surface area contributed by atoms with E-state index in [0.29, 0.717) is 19.3 Å². The maximum absolute atomic E-state index is 10.5. The molecule has 3 atom stereocenters. The number of likely N-dealkylation sites (tertiary alicyclic amines) is 1. The van der Waals surface area contributed by atoms with Gasteiger partial charge in [-0.25, -0.2) is 0 Å². The number of rotatable bonds is 5. The third kappa shape index (κ3) is 3.23. The average molecular weight is 257 g/mol. The lowest BCUT2D eigenvalue weighted by Gasteiger charge is -2.43. The lowest BCUT2D eigenvalue weighted by Crippen LogP contribution is -2.52. The van der Waals surface area contributed by atoms with E-state index in [1.807, 2.05) is 13.8 Å². The minimum atomic E-state index is -0.572. The van der Waals surface area contributed by atoms with Gasteiger partial charge in [-0.05, 0) is 39.7 Å². The third-order valence-electron chi connectivity index (χ3n) is 4.45. The van der Waals surface area contributed by atoms with Crippen molar-refractivity contribution in [3.63, 3.8) is 0 Å². The Balaban J connectivity index is 1.93. The number of ether oxygens (including phenoxy) is 2. The molecule has 0 aromatic heterocycles. The molecule has 1 N–H and O–H groups in total. The molecular formula is C14H27NO3. The summed E-state index contributed by atoms with van der Waals surface area (Å²) in [5.41, 5.74) is -0.572. The number of hydrogen-bond acceptors (Lipinski definition) is 4. The molecular weight excluding hydrogens is 230 g/mol. The Morgan fingerprint density at radius 3 is 3.06 bits per heavy atom. The molecule has 4 nitrogen and oxygen atoms in total. The van der Waals surface area contributed by atoms with Crippen LogP contribution in [0.25, 0.3) is 0 Å². The zero-order chi connectivity index (χ0) is 13.0. The van der Waals surface area contributed by atoms with Gasteiger partial charge in [0.05, 0.1) is 18.8 Å². The molecule has 2 rings (SSSR count). The van der Waals surface area contributed by atoms with Gasteiger partial charge in [0, 0.05) is 31.7 Å². The molecule has 106 valence electrons. The van der Waals surface area contributed by atoms with Crippen molar-refractivity contribution in [2.75, 3.05) is 39.5 Å². The smallest absolute Gasteiger partial charge is 0.0706 e. The normalized spacial score (nSPS) is 38.2. The summed E-state index contributed by atoms with van der Waals surface area (Å²) in [5, 5.41) is 10.5. The van der Waals surface area contributed by atoms with E-state index in [1.165, 1.54) is 12.8 Å². The van der Waals surface area contributed by atoms with Crippen molar-refractivity contribution in [3.8, 4) is 0 Å². The van der Waals surface area contributed by atoms with Crippen molar-refractivity contribution in [1.29, 1.82) is 0 Å². The monoisotopic (exact) mass is 257 g/mol. The highest BCUT2D eigenvalue weighted by Crippen LogP contribution is 2.35. The topological polar surface area (TPSA) is 41.9 Å². The van der Waals surface area contributed by atoms with Gasteiger partial charge in [0.15, 0.2) is 0 Å². The maximum atomic E-state index is 10.5. The SMILES string of the molecule is CCOCCN1CCC[C@@H]1[C@H]1COCC[C@]1(C)O. The van der Waals surface area contributed by atoms with Gasteiger partial charge in [-0.2, -0.15) is 0 Å². The van der Waals surface area contributed by atoms with Gasteiger partial charge in [0.2, 0.25) is 0 Å². The van der Waals surface area contributed by atoms with Crippen LogP contribution in [0.3, 0.4) is 0 Å². The van der Waals surface area contributed by atoms with Gasteiger partial charge < -0.3 is 14.6 Å². The Morgan fingerprint density at radius 1 is 1.50 bits per heavy atom. The van der Waals surface area contributed by atoms with E-state index in [1.54, 1.807) is 0 Å². The van der Waals surface area contributed by atoms with Gasteiger partial charge in [0.25, 0.3) is 0 Å². The Kier molecular flexibility index (Phi) is 5.01. The van der Waals surface area contributed by atoms with Gasteiger partial charge in [0.1, 0.15) is 0 Å². The Morgan fingerprint density at radius 2 is 2.33 bits per heavy atom. The lowest BCUT2D eigenvalue weighted by molar-refractivity contribution is -0.123. The van der Waals surface area contributed by atoms with Crippen LogP contribution in [-0.2, 0) is 9.47 Å². The van der Waals surface area contributed by atoms with Crippen molar-refractivity contribution < 1.29 is 14.6 Å². The second-order valence-corrected chi connectivity index (χ2v) is 5.73. The summed E-state index contributed by atoms with van der Waals surface area (Å²) in [6.45, 7) is 9.07. The molecule has 0 aliphatic carbocycles. The van der Waals surface area contributed by atoms with E-state index in [-0.39, 0.29) is 5.92 Å². The first kappa shape index (κ1) is 14.3. The van der Waals surface area contributed by atoms with Gasteiger partial charge in [-0.1, -0.05) is 0 Å². The van der Waals surface area contributed by atoms with Crippen molar-refractivity contribution in [2.24, 2.45) is 5.92 Å². The first-order valence-electron chi connectivity index (χ1n) is 7.27. The first-order valence-corrected chi connectivity index (χ1v) is 7.27. The molecule has 2 heterocycles. The highest BCUT2D eigenvalue weighted by molar-refractivity contribution is 4.96. The summed E-state index contributed by atoms with van der Waals surface area (Å²) in [6.07, 6.45) is 3.16. The zero-order valence-electron chi connectivity index (χ0n) is 11.7. The van der Waals surface area contributed by atoms with E-state index < -0.39 is 5.60 Å². The molecule has 18 heavy (non-hydrogen) atoms. The van der Waals surface area contributed by atoms with Gasteiger partial charge >= 0.3 is 0 Å². The molecule has 0 bridgehead atoms. The summed E-state index contributed by atoms with van der Waals surface area (Å²) in [4.78, 5) is 2.48. The van der Waals surface area contributed by atoms with Crippen molar-refractivity contribution in [3.05, 3.63) is 0 Å². The molecule has 0 unspecified atom stereocenters. The lowest BCUT2D eigenvalue weighted by atomic mass is 9.79. The Hall–Kier alpha value is -0.160. The van der Waals surface area contributed by atoms with Crippen LogP contribution in [0.5, 0.6) is 0 Å². The van der Waals surface area contributed by atoms with Gasteiger partial charge in [-0.3, -0.25) is 4.90 Å². The molecule has 0 aromatic carbocycles. The predicted octanol–water partition coefficient (Wildman–Crippen LogP) is 1.27. The van der Waals surface area contributed by atoms with Crippen molar-refractivity contribution in [1.82, 2.24) is 4.90 Å². The van der Waals surface area contributed by atoms with Crippen LogP contribution in [0, 0.1) is 5.92 Å². The molecule has 0 amide bonds. The molecule has 2 aliphatic heterocycles. The first-order chi connectivity index (χ1) is 8.65. The van der Waals surface area contributed by atoms with Crippen LogP contribution < -0.4 is 0 Å². The molecule has 0 aromatic rings. The summed E-state index contributed by atoms with van der Waals surface area (Å²) in [5.74, 6) is 0.246. The molecule has 2 fully saturated rings. The predicted molar refractivity (Wildman–Crippen MR) is 70.6 cm³/mol. The number of aliphatic hydroxyl groups is 1. The fraction of sp³-hybridized carbons (Fsp3) is 1.00. The number of nitrogens with zero attached hydrogens (tertiary/aromatic N) is 1. The van der Waals surface area contributed by atoms with E-state index in [2.05, 4.69) is 4.90 Å². The van der Waals surface area contributed by atoms with Crippen LogP contribution in [0.15, 0.2) is 0 Å². The summed E-state index contributed by atoms with van der Waals surface area (Å²) >= 11 is 0. The largest absolute Gasteiger partial charge is 0.390 e. The standard InChI is InChI=1S/C14H27NO3/c1-3-17-10-8-15-7-4-5-13(15)12-11-18-9-6-14(12,2)16/h12-13,16H,3-11H2,1-2H3/t12-,13-,14+/m1/s1.